The van der Waals surface area contributed by atoms with Crippen LogP contribution >= 0.6 is 11.8 Å². The Morgan fingerprint density at radius 1 is 1.24 bits per heavy atom. The molecular formula is C17H16N4O3S. The van der Waals surface area contributed by atoms with Gasteiger partial charge in [-0.3, -0.25) is 14.9 Å². The van der Waals surface area contributed by atoms with Crippen LogP contribution in [0.5, 0.6) is 0 Å². The summed E-state index contributed by atoms with van der Waals surface area (Å²) in [6.07, 6.45) is 2.13. The van der Waals surface area contributed by atoms with Crippen molar-refractivity contribution in [2.24, 2.45) is 0 Å². The van der Waals surface area contributed by atoms with E-state index in [0.29, 0.717) is 17.7 Å². The molecule has 0 atom stereocenters. The first-order valence-corrected chi connectivity index (χ1v) is 8.71. The second kappa shape index (κ2) is 7.80. The Hall–Kier alpha value is -2.87. The Morgan fingerprint density at radius 3 is 2.80 bits per heavy atom. The van der Waals surface area contributed by atoms with Gasteiger partial charge in [0.05, 0.1) is 22.2 Å². The molecule has 2 aromatic carbocycles. The van der Waals surface area contributed by atoms with Gasteiger partial charge in [0.25, 0.3) is 11.2 Å². The number of anilines is 1. The highest BCUT2D eigenvalue weighted by Crippen LogP contribution is 2.28. The van der Waals surface area contributed by atoms with Crippen molar-refractivity contribution in [1.82, 2.24) is 9.97 Å². The Morgan fingerprint density at radius 2 is 2.04 bits per heavy atom. The zero-order chi connectivity index (χ0) is 17.6. The largest absolute Gasteiger partial charge is 0.379 e. The minimum atomic E-state index is -0.493. The van der Waals surface area contributed by atoms with E-state index in [1.165, 1.54) is 17.3 Å². The van der Waals surface area contributed by atoms with E-state index < -0.39 is 4.92 Å². The molecule has 7 nitrogen and oxygen atoms in total. The molecule has 0 radical (unpaired) electrons. The molecule has 0 amide bonds. The lowest BCUT2D eigenvalue weighted by Gasteiger charge is -2.08. The van der Waals surface area contributed by atoms with Crippen LogP contribution in [0.4, 0.5) is 11.4 Å². The molecule has 0 fully saturated rings. The number of hydrogen-bond donors (Lipinski definition) is 2. The maximum absolute atomic E-state index is 11.8. The predicted octanol–water partition coefficient (Wildman–Crippen LogP) is 3.43. The van der Waals surface area contributed by atoms with Crippen LogP contribution in [-0.2, 0) is 0 Å². The van der Waals surface area contributed by atoms with Gasteiger partial charge < -0.3 is 10.3 Å². The minimum Gasteiger partial charge on any atom is -0.379 e. The van der Waals surface area contributed by atoms with Gasteiger partial charge in [-0.15, -0.1) is 11.8 Å². The van der Waals surface area contributed by atoms with E-state index in [1.807, 2.05) is 18.2 Å². The quantitative estimate of drug-likeness (QED) is 0.291. The van der Waals surface area contributed by atoms with Crippen LogP contribution in [0.15, 0.2) is 58.5 Å². The fourth-order valence-electron chi connectivity index (χ4n) is 2.40. The highest BCUT2D eigenvalue weighted by molar-refractivity contribution is 7.99. The van der Waals surface area contributed by atoms with Gasteiger partial charge in [-0.05, 0) is 30.4 Å². The molecular weight excluding hydrogens is 340 g/mol. The van der Waals surface area contributed by atoms with Gasteiger partial charge in [0.2, 0.25) is 0 Å². The van der Waals surface area contributed by atoms with E-state index in [1.54, 1.807) is 17.8 Å². The van der Waals surface area contributed by atoms with E-state index in [9.17, 15) is 14.9 Å². The third-order valence-corrected chi connectivity index (χ3v) is 4.70. The highest BCUT2D eigenvalue weighted by Gasteiger charge is 2.16. The van der Waals surface area contributed by atoms with Crippen molar-refractivity contribution in [2.45, 2.75) is 11.3 Å². The standard InChI is InChI=1S/C17H16N4O3S/c22-17-13-9-16(21(23)24)15(10-14(13)19-11-20-17)18-7-4-8-25-12-5-2-1-3-6-12/h1-3,5-6,9-11,18H,4,7-8H2,(H,19,20,22). The summed E-state index contributed by atoms with van der Waals surface area (Å²) in [5.41, 5.74) is 0.288. The Kier molecular flexibility index (Phi) is 5.30. The first-order valence-electron chi connectivity index (χ1n) is 7.73. The van der Waals surface area contributed by atoms with E-state index in [-0.39, 0.29) is 16.6 Å². The number of rotatable bonds is 7. The van der Waals surface area contributed by atoms with Gasteiger partial charge in [0, 0.05) is 17.5 Å². The number of aromatic nitrogens is 2. The van der Waals surface area contributed by atoms with Crippen LogP contribution in [0.3, 0.4) is 0 Å². The molecule has 0 aliphatic carbocycles. The number of thioether (sulfide) groups is 1. The monoisotopic (exact) mass is 356 g/mol. The molecule has 2 N–H and O–H groups in total. The molecule has 1 heterocycles. The lowest BCUT2D eigenvalue weighted by atomic mass is 10.2. The Bertz CT molecular complexity index is 944. The van der Waals surface area contributed by atoms with E-state index >= 15 is 0 Å². The van der Waals surface area contributed by atoms with E-state index in [4.69, 9.17) is 0 Å². The summed E-state index contributed by atoms with van der Waals surface area (Å²) in [4.78, 5) is 30.2. The van der Waals surface area contributed by atoms with Crippen LogP contribution in [0.25, 0.3) is 10.9 Å². The molecule has 128 valence electrons. The summed E-state index contributed by atoms with van der Waals surface area (Å²) in [7, 11) is 0. The van der Waals surface area contributed by atoms with Gasteiger partial charge in [0.15, 0.2) is 0 Å². The van der Waals surface area contributed by atoms with E-state index in [2.05, 4.69) is 27.4 Å². The van der Waals surface area contributed by atoms with Crippen LogP contribution in [0.2, 0.25) is 0 Å². The average molecular weight is 356 g/mol. The lowest BCUT2D eigenvalue weighted by Crippen LogP contribution is -2.09. The van der Waals surface area contributed by atoms with Gasteiger partial charge in [0.1, 0.15) is 5.69 Å². The van der Waals surface area contributed by atoms with E-state index in [0.717, 1.165) is 12.2 Å². The lowest BCUT2D eigenvalue weighted by molar-refractivity contribution is -0.383. The molecule has 0 saturated carbocycles. The molecule has 0 saturated heterocycles. The Balaban J connectivity index is 1.67. The number of nitro groups is 1. The van der Waals surface area contributed by atoms with Gasteiger partial charge in [-0.1, -0.05) is 18.2 Å². The first kappa shape index (κ1) is 17.0. The smallest absolute Gasteiger partial charge is 0.293 e. The third kappa shape index (κ3) is 4.16. The molecule has 3 rings (SSSR count). The third-order valence-electron chi connectivity index (χ3n) is 3.60. The second-order valence-corrected chi connectivity index (χ2v) is 6.49. The summed E-state index contributed by atoms with van der Waals surface area (Å²) in [5, 5.41) is 14.6. The fourth-order valence-corrected chi connectivity index (χ4v) is 3.27. The summed E-state index contributed by atoms with van der Waals surface area (Å²) < 4.78 is 0. The van der Waals surface area contributed by atoms with Crippen molar-refractivity contribution in [3.63, 3.8) is 0 Å². The summed E-state index contributed by atoms with van der Waals surface area (Å²) in [6.45, 7) is 0.593. The normalized spacial score (nSPS) is 10.7. The van der Waals surface area contributed by atoms with Gasteiger partial charge in [-0.25, -0.2) is 4.98 Å². The Labute approximate surface area is 147 Å². The van der Waals surface area contributed by atoms with Crippen molar-refractivity contribution >= 4 is 34.0 Å². The molecule has 1 aromatic heterocycles. The predicted molar refractivity (Wildman–Crippen MR) is 99.3 cm³/mol. The topological polar surface area (TPSA) is 101 Å². The maximum atomic E-state index is 11.8. The number of benzene rings is 2. The van der Waals surface area contributed by atoms with Crippen molar-refractivity contribution < 1.29 is 4.92 Å². The average Bonchev–Trinajstić information content (AvgIpc) is 2.62. The molecule has 0 unspecified atom stereocenters. The number of nitrogens with one attached hydrogen (secondary N) is 2. The number of nitro benzene ring substituents is 1. The van der Waals surface area contributed by atoms with Gasteiger partial charge in [-0.2, -0.15) is 0 Å². The van der Waals surface area contributed by atoms with Gasteiger partial charge >= 0.3 is 0 Å². The molecule has 3 aromatic rings. The van der Waals surface area contributed by atoms with Crippen molar-refractivity contribution in [3.05, 3.63) is 69.3 Å². The SMILES string of the molecule is O=c1[nH]cnc2cc(NCCCSc3ccccc3)c([N+](=O)[O-])cc12. The summed E-state index contributed by atoms with van der Waals surface area (Å²) in [5.74, 6) is 0.899. The van der Waals surface area contributed by atoms with Crippen molar-refractivity contribution in [3.8, 4) is 0 Å². The zero-order valence-electron chi connectivity index (χ0n) is 13.3. The molecule has 8 heteroatoms. The molecule has 25 heavy (non-hydrogen) atoms. The zero-order valence-corrected chi connectivity index (χ0v) is 14.1. The van der Waals surface area contributed by atoms with Crippen molar-refractivity contribution in [1.29, 1.82) is 0 Å². The maximum Gasteiger partial charge on any atom is 0.293 e. The van der Waals surface area contributed by atoms with Crippen LogP contribution in [0.1, 0.15) is 6.42 Å². The van der Waals surface area contributed by atoms with Crippen LogP contribution in [0, 0.1) is 10.1 Å². The first-order chi connectivity index (χ1) is 12.1. The van der Waals surface area contributed by atoms with Crippen molar-refractivity contribution in [2.75, 3.05) is 17.6 Å². The number of H-pyrrole nitrogens is 1. The minimum absolute atomic E-state index is 0.123. The molecule has 0 aliphatic heterocycles. The molecule has 0 spiro atoms. The summed E-state index contributed by atoms with van der Waals surface area (Å²) in [6, 6.07) is 12.9. The number of aromatic amines is 1. The summed E-state index contributed by atoms with van der Waals surface area (Å²) >= 11 is 1.74. The highest BCUT2D eigenvalue weighted by atomic mass is 32.2. The fraction of sp³-hybridized carbons (Fsp3) is 0.176. The molecule has 0 aliphatic rings. The van der Waals surface area contributed by atoms with Crippen LogP contribution < -0.4 is 10.9 Å². The number of hydrogen-bond acceptors (Lipinski definition) is 6. The number of fused-ring (bicyclic) bond motifs is 1. The van der Waals surface area contributed by atoms with Crippen LogP contribution in [-0.4, -0.2) is 27.2 Å². The molecule has 0 bridgehead atoms. The second-order valence-electron chi connectivity index (χ2n) is 5.32. The number of nitrogens with zero attached hydrogens (tertiary/aromatic N) is 2.